The lowest BCUT2D eigenvalue weighted by molar-refractivity contribution is -0.152. The Morgan fingerprint density at radius 2 is 1.89 bits per heavy atom. The zero-order valence-electron chi connectivity index (χ0n) is 14.9. The molecule has 1 fully saturated rings. The van der Waals surface area contributed by atoms with Crippen LogP contribution < -0.4 is 0 Å². The summed E-state index contributed by atoms with van der Waals surface area (Å²) in [5, 5.41) is 0. The summed E-state index contributed by atoms with van der Waals surface area (Å²) in [4.78, 5) is 17.1. The molecule has 1 aromatic heterocycles. The second-order valence-electron chi connectivity index (χ2n) is 6.86. The van der Waals surface area contributed by atoms with Gasteiger partial charge in [-0.15, -0.1) is 0 Å². The van der Waals surface area contributed by atoms with Gasteiger partial charge in [0.15, 0.2) is 12.4 Å². The van der Waals surface area contributed by atoms with E-state index in [1.54, 1.807) is 18.3 Å². The highest BCUT2D eigenvalue weighted by molar-refractivity contribution is 5.83. The normalized spacial score (nSPS) is 15.6. The van der Waals surface area contributed by atoms with Gasteiger partial charge in [0.05, 0.1) is 11.6 Å². The fraction of sp³-hybridized carbons (Fsp3) is 0.273. The second kappa shape index (κ2) is 7.35. The average molecular weight is 365 g/mol. The molecule has 0 radical (unpaired) electrons. The number of hydrogen-bond acceptors (Lipinski definition) is 4. The van der Waals surface area contributed by atoms with Crippen LogP contribution in [0.5, 0.6) is 0 Å². The van der Waals surface area contributed by atoms with Gasteiger partial charge in [-0.2, -0.15) is 0 Å². The lowest BCUT2D eigenvalue weighted by atomic mass is 9.79. The molecule has 0 saturated heterocycles. The number of esters is 1. The molecular weight excluding hydrogens is 345 g/mol. The van der Waals surface area contributed by atoms with E-state index in [1.807, 2.05) is 30.3 Å². The van der Waals surface area contributed by atoms with Crippen molar-refractivity contribution in [2.75, 3.05) is 0 Å². The number of carbonyl (C=O) groups is 1. The fourth-order valence-electron chi connectivity index (χ4n) is 3.75. The van der Waals surface area contributed by atoms with E-state index in [1.165, 1.54) is 12.1 Å². The third kappa shape index (κ3) is 3.50. The van der Waals surface area contributed by atoms with Gasteiger partial charge in [-0.3, -0.25) is 4.79 Å². The molecular formula is C22H20FNO3. The van der Waals surface area contributed by atoms with E-state index >= 15 is 0 Å². The maximum Gasteiger partial charge on any atom is 0.317 e. The number of ether oxygens (including phenoxy) is 1. The minimum Gasteiger partial charge on any atom is -0.455 e. The highest BCUT2D eigenvalue weighted by Crippen LogP contribution is 2.42. The van der Waals surface area contributed by atoms with Crippen LogP contribution >= 0.6 is 0 Å². The van der Waals surface area contributed by atoms with Crippen molar-refractivity contribution in [3.8, 4) is 11.3 Å². The molecule has 3 aromatic rings. The first-order valence-corrected chi connectivity index (χ1v) is 9.11. The lowest BCUT2D eigenvalue weighted by Crippen LogP contribution is -2.34. The molecule has 138 valence electrons. The Kier molecular flexibility index (Phi) is 4.75. The highest BCUT2D eigenvalue weighted by Gasteiger charge is 2.44. The van der Waals surface area contributed by atoms with Crippen molar-refractivity contribution in [2.24, 2.45) is 0 Å². The fourth-order valence-corrected chi connectivity index (χ4v) is 3.75. The Morgan fingerprint density at radius 3 is 2.63 bits per heavy atom. The van der Waals surface area contributed by atoms with E-state index in [-0.39, 0.29) is 18.4 Å². The number of nitrogens with zero attached hydrogens (tertiary/aromatic N) is 1. The molecule has 2 aromatic carbocycles. The van der Waals surface area contributed by atoms with Gasteiger partial charge in [0.1, 0.15) is 5.82 Å². The monoisotopic (exact) mass is 365 g/mol. The Labute approximate surface area is 157 Å². The first kappa shape index (κ1) is 17.5. The molecule has 5 heteroatoms. The molecule has 0 unspecified atom stereocenters. The predicted octanol–water partition coefficient (Wildman–Crippen LogP) is 5.04. The number of benzene rings is 2. The largest absolute Gasteiger partial charge is 0.455 e. The topological polar surface area (TPSA) is 52.3 Å². The molecule has 0 aliphatic heterocycles. The van der Waals surface area contributed by atoms with Gasteiger partial charge in [0.25, 0.3) is 0 Å². The van der Waals surface area contributed by atoms with Crippen molar-refractivity contribution in [2.45, 2.75) is 37.7 Å². The van der Waals surface area contributed by atoms with Gasteiger partial charge in [0.2, 0.25) is 5.89 Å². The first-order chi connectivity index (χ1) is 13.2. The number of halogens is 1. The number of oxazole rings is 1. The van der Waals surface area contributed by atoms with Gasteiger partial charge in [-0.05, 0) is 30.5 Å². The van der Waals surface area contributed by atoms with Crippen LogP contribution in [0.15, 0.2) is 65.2 Å². The number of aromatic nitrogens is 1. The van der Waals surface area contributed by atoms with Crippen LogP contribution in [0.1, 0.15) is 37.1 Å². The van der Waals surface area contributed by atoms with Crippen molar-refractivity contribution in [3.05, 3.63) is 78.1 Å². The van der Waals surface area contributed by atoms with E-state index < -0.39 is 5.41 Å². The Morgan fingerprint density at radius 1 is 1.11 bits per heavy atom. The maximum atomic E-state index is 13.7. The molecule has 4 rings (SSSR count). The minimum atomic E-state index is -0.781. The van der Waals surface area contributed by atoms with Crippen molar-refractivity contribution in [1.29, 1.82) is 0 Å². The third-order valence-corrected chi connectivity index (χ3v) is 5.16. The first-order valence-electron chi connectivity index (χ1n) is 9.11. The van der Waals surface area contributed by atoms with E-state index in [9.17, 15) is 9.18 Å². The van der Waals surface area contributed by atoms with E-state index in [2.05, 4.69) is 4.98 Å². The van der Waals surface area contributed by atoms with E-state index in [0.717, 1.165) is 18.4 Å². The minimum absolute atomic E-state index is 0.0390. The molecule has 1 saturated carbocycles. The van der Waals surface area contributed by atoms with Crippen molar-refractivity contribution in [3.63, 3.8) is 0 Å². The van der Waals surface area contributed by atoms with Crippen LogP contribution in [-0.4, -0.2) is 11.0 Å². The predicted molar refractivity (Wildman–Crippen MR) is 98.3 cm³/mol. The number of carbonyl (C=O) groups excluding carboxylic acids is 1. The summed E-state index contributed by atoms with van der Waals surface area (Å²) < 4.78 is 24.9. The summed E-state index contributed by atoms with van der Waals surface area (Å²) in [7, 11) is 0. The maximum absolute atomic E-state index is 13.7. The summed E-state index contributed by atoms with van der Waals surface area (Å²) in [6.07, 6.45) is 4.79. The summed E-state index contributed by atoms with van der Waals surface area (Å²) in [6.45, 7) is -0.0390. The molecule has 1 heterocycles. The summed E-state index contributed by atoms with van der Waals surface area (Å²) in [6, 6.07) is 15.9. The van der Waals surface area contributed by atoms with Crippen LogP contribution in [0.4, 0.5) is 4.39 Å². The van der Waals surface area contributed by atoms with Gasteiger partial charge in [0, 0.05) is 5.56 Å². The quantitative estimate of drug-likeness (QED) is 0.595. The lowest BCUT2D eigenvalue weighted by Gasteiger charge is -2.27. The van der Waals surface area contributed by atoms with Gasteiger partial charge >= 0.3 is 5.97 Å². The summed E-state index contributed by atoms with van der Waals surface area (Å²) in [5.41, 5.74) is 0.814. The molecule has 0 amide bonds. The van der Waals surface area contributed by atoms with Crippen LogP contribution in [-0.2, 0) is 21.6 Å². The smallest absolute Gasteiger partial charge is 0.317 e. The third-order valence-electron chi connectivity index (χ3n) is 5.16. The van der Waals surface area contributed by atoms with E-state index in [4.69, 9.17) is 9.15 Å². The number of hydrogen-bond donors (Lipinski definition) is 0. The molecule has 0 atom stereocenters. The Bertz CT molecular complexity index is 929. The van der Waals surface area contributed by atoms with Gasteiger partial charge in [-0.1, -0.05) is 55.3 Å². The zero-order valence-corrected chi connectivity index (χ0v) is 14.9. The number of rotatable bonds is 5. The van der Waals surface area contributed by atoms with Crippen molar-refractivity contribution >= 4 is 5.97 Å². The van der Waals surface area contributed by atoms with Crippen molar-refractivity contribution in [1.82, 2.24) is 4.98 Å². The van der Waals surface area contributed by atoms with Crippen LogP contribution in [0.25, 0.3) is 11.3 Å². The SMILES string of the molecule is O=C(OCc1ncc(-c2ccccc2)o1)C1(c2cccc(F)c2)CCCC1. The molecule has 1 aliphatic carbocycles. The molecule has 0 bridgehead atoms. The average Bonchev–Trinajstić information content (AvgIpc) is 3.37. The molecule has 27 heavy (non-hydrogen) atoms. The standard InChI is InChI=1S/C22H20FNO3/c23-18-10-6-9-17(13-18)22(11-4-5-12-22)21(25)26-15-20-24-14-19(27-20)16-7-2-1-3-8-16/h1-3,6-10,13-14H,4-5,11-12,15H2. The molecule has 4 nitrogen and oxygen atoms in total. The van der Waals surface area contributed by atoms with Crippen LogP contribution in [0, 0.1) is 5.82 Å². The van der Waals surface area contributed by atoms with Crippen LogP contribution in [0.2, 0.25) is 0 Å². The van der Waals surface area contributed by atoms with Gasteiger partial charge in [-0.25, -0.2) is 9.37 Å². The van der Waals surface area contributed by atoms with E-state index in [0.29, 0.717) is 30.1 Å². The summed E-state index contributed by atoms with van der Waals surface area (Å²) in [5.74, 6) is 0.286. The molecule has 0 N–H and O–H groups in total. The van der Waals surface area contributed by atoms with Crippen molar-refractivity contribution < 1.29 is 18.3 Å². The Hall–Kier alpha value is -2.95. The zero-order chi connectivity index (χ0) is 18.7. The Balaban J connectivity index is 1.49. The van der Waals surface area contributed by atoms with Crippen LogP contribution in [0.3, 0.4) is 0 Å². The highest BCUT2D eigenvalue weighted by atomic mass is 19.1. The summed E-state index contributed by atoms with van der Waals surface area (Å²) >= 11 is 0. The molecule has 0 spiro atoms. The molecule has 1 aliphatic rings. The van der Waals surface area contributed by atoms with Gasteiger partial charge < -0.3 is 9.15 Å². The second-order valence-corrected chi connectivity index (χ2v) is 6.86.